The number of benzene rings is 2. The van der Waals surface area contributed by atoms with Crippen LogP contribution in [0.3, 0.4) is 0 Å². The Kier molecular flexibility index (Phi) is 7.10. The maximum Gasteiger partial charge on any atom is 0.291 e. The van der Waals surface area contributed by atoms with Crippen molar-refractivity contribution in [3.05, 3.63) is 83.8 Å². The normalized spacial score (nSPS) is 11.1. The number of nitrogens with one attached hydrogen (secondary N) is 2. The van der Waals surface area contributed by atoms with E-state index >= 15 is 0 Å². The molecule has 7 nitrogen and oxygen atoms in total. The van der Waals surface area contributed by atoms with E-state index in [1.54, 1.807) is 26.3 Å². The van der Waals surface area contributed by atoms with Crippen molar-refractivity contribution in [3.63, 3.8) is 0 Å². The van der Waals surface area contributed by atoms with Gasteiger partial charge in [-0.2, -0.15) is 0 Å². The van der Waals surface area contributed by atoms with E-state index in [1.165, 1.54) is 6.26 Å². The van der Waals surface area contributed by atoms with Gasteiger partial charge in [0.1, 0.15) is 5.75 Å². The van der Waals surface area contributed by atoms with Crippen LogP contribution in [0.4, 0.5) is 5.69 Å². The Hall–Kier alpha value is -3.74. The summed E-state index contributed by atoms with van der Waals surface area (Å²) in [6.45, 7) is 1.27. The molecule has 2 N–H and O–H groups in total. The second kappa shape index (κ2) is 10.2. The van der Waals surface area contributed by atoms with Gasteiger partial charge in [-0.3, -0.25) is 9.79 Å². The summed E-state index contributed by atoms with van der Waals surface area (Å²) in [5.41, 5.74) is 2.86. The molecule has 3 aromatic rings. The molecule has 7 heteroatoms. The van der Waals surface area contributed by atoms with E-state index in [4.69, 9.17) is 9.15 Å². The van der Waals surface area contributed by atoms with Gasteiger partial charge in [-0.05, 0) is 35.9 Å². The van der Waals surface area contributed by atoms with Crippen LogP contribution < -0.4 is 15.4 Å². The highest BCUT2D eigenvalue weighted by atomic mass is 16.5. The largest absolute Gasteiger partial charge is 0.496 e. The predicted octanol–water partition coefficient (Wildman–Crippen LogP) is 3.75. The first-order valence-corrected chi connectivity index (χ1v) is 9.58. The van der Waals surface area contributed by atoms with Crippen molar-refractivity contribution in [2.75, 3.05) is 26.5 Å². The SMILES string of the molecule is CN=C(NCc1ccc(NC(=O)c2ccco2)cc1)N(C)Cc1ccccc1OC. The third-order valence-corrected chi connectivity index (χ3v) is 4.58. The van der Waals surface area contributed by atoms with Crippen molar-refractivity contribution in [2.24, 2.45) is 4.99 Å². The molecule has 0 atom stereocenters. The molecule has 1 amide bonds. The van der Waals surface area contributed by atoms with Gasteiger partial charge in [-0.25, -0.2) is 0 Å². The molecule has 0 aliphatic carbocycles. The van der Waals surface area contributed by atoms with Crippen LogP contribution in [0.5, 0.6) is 5.75 Å². The number of ether oxygens (including phenoxy) is 1. The average Bonchev–Trinajstić information content (AvgIpc) is 3.31. The molecule has 0 fully saturated rings. The van der Waals surface area contributed by atoms with Gasteiger partial charge in [0.25, 0.3) is 5.91 Å². The quantitative estimate of drug-likeness (QED) is 0.462. The first kappa shape index (κ1) is 21.0. The Bertz CT molecular complexity index is 982. The number of furan rings is 1. The number of aliphatic imine (C=N–C) groups is 1. The minimum absolute atomic E-state index is 0.274. The van der Waals surface area contributed by atoms with E-state index < -0.39 is 0 Å². The molecule has 0 saturated heterocycles. The Balaban J connectivity index is 1.55. The van der Waals surface area contributed by atoms with Gasteiger partial charge in [0.15, 0.2) is 11.7 Å². The minimum Gasteiger partial charge on any atom is -0.496 e. The number of methoxy groups -OCH3 is 1. The number of anilines is 1. The van der Waals surface area contributed by atoms with Crippen molar-refractivity contribution in [2.45, 2.75) is 13.1 Å². The number of guanidine groups is 1. The predicted molar refractivity (Wildman–Crippen MR) is 118 cm³/mol. The van der Waals surface area contributed by atoms with E-state index in [0.717, 1.165) is 22.8 Å². The number of para-hydroxylation sites is 1. The van der Waals surface area contributed by atoms with E-state index in [0.29, 0.717) is 18.8 Å². The summed E-state index contributed by atoms with van der Waals surface area (Å²) in [7, 11) is 5.41. The fourth-order valence-corrected chi connectivity index (χ4v) is 3.04. The zero-order chi connectivity index (χ0) is 21.3. The smallest absolute Gasteiger partial charge is 0.291 e. The Morgan fingerprint density at radius 3 is 2.53 bits per heavy atom. The van der Waals surface area contributed by atoms with E-state index in [1.807, 2.05) is 60.5 Å². The lowest BCUT2D eigenvalue weighted by Gasteiger charge is -2.23. The first-order valence-electron chi connectivity index (χ1n) is 9.58. The number of rotatable bonds is 7. The van der Waals surface area contributed by atoms with Crippen molar-refractivity contribution < 1.29 is 13.9 Å². The molecule has 1 aromatic heterocycles. The molecule has 1 heterocycles. The van der Waals surface area contributed by atoms with Crippen molar-refractivity contribution >= 4 is 17.6 Å². The summed E-state index contributed by atoms with van der Waals surface area (Å²) in [6, 6.07) is 18.9. The van der Waals surface area contributed by atoms with Crippen LogP contribution >= 0.6 is 0 Å². The summed E-state index contributed by atoms with van der Waals surface area (Å²) in [4.78, 5) is 18.4. The fraction of sp³-hybridized carbons (Fsp3) is 0.217. The summed E-state index contributed by atoms with van der Waals surface area (Å²) in [5.74, 6) is 1.63. The number of hydrogen-bond donors (Lipinski definition) is 2. The van der Waals surface area contributed by atoms with Crippen molar-refractivity contribution in [1.82, 2.24) is 10.2 Å². The monoisotopic (exact) mass is 406 g/mol. The third kappa shape index (κ3) is 5.41. The Morgan fingerprint density at radius 2 is 1.87 bits per heavy atom. The Labute approximate surface area is 176 Å². The second-order valence-corrected chi connectivity index (χ2v) is 6.70. The van der Waals surface area contributed by atoms with E-state index in [2.05, 4.69) is 15.6 Å². The van der Waals surface area contributed by atoms with Crippen LogP contribution in [0.15, 0.2) is 76.3 Å². The molecule has 0 unspecified atom stereocenters. The summed E-state index contributed by atoms with van der Waals surface area (Å²) in [5, 5.41) is 6.17. The Morgan fingerprint density at radius 1 is 1.10 bits per heavy atom. The average molecular weight is 406 g/mol. The molecule has 3 rings (SSSR count). The van der Waals surface area contributed by atoms with Crippen LogP contribution in [0.25, 0.3) is 0 Å². The molecule has 0 spiro atoms. The molecule has 30 heavy (non-hydrogen) atoms. The maximum absolute atomic E-state index is 12.0. The fourth-order valence-electron chi connectivity index (χ4n) is 3.04. The number of hydrogen-bond acceptors (Lipinski definition) is 4. The molecular formula is C23H26N4O3. The van der Waals surface area contributed by atoms with Gasteiger partial charge >= 0.3 is 0 Å². The van der Waals surface area contributed by atoms with Crippen molar-refractivity contribution in [1.29, 1.82) is 0 Å². The highest BCUT2D eigenvalue weighted by Gasteiger charge is 2.11. The van der Waals surface area contributed by atoms with Gasteiger partial charge in [-0.15, -0.1) is 0 Å². The molecule has 156 valence electrons. The topological polar surface area (TPSA) is 79.1 Å². The highest BCUT2D eigenvalue weighted by Crippen LogP contribution is 2.19. The van der Waals surface area contributed by atoms with Gasteiger partial charge in [-0.1, -0.05) is 30.3 Å². The van der Waals surface area contributed by atoms with E-state index in [9.17, 15) is 4.79 Å². The first-order chi connectivity index (χ1) is 14.6. The number of amides is 1. The molecule has 0 aliphatic rings. The second-order valence-electron chi connectivity index (χ2n) is 6.70. The van der Waals surface area contributed by atoms with Crippen LogP contribution in [0.1, 0.15) is 21.7 Å². The zero-order valence-electron chi connectivity index (χ0n) is 17.4. The molecule has 2 aromatic carbocycles. The molecule has 0 aliphatic heterocycles. The van der Waals surface area contributed by atoms with Gasteiger partial charge in [0.2, 0.25) is 0 Å². The zero-order valence-corrected chi connectivity index (χ0v) is 17.4. The molecule has 0 radical (unpaired) electrons. The van der Waals surface area contributed by atoms with Crippen LogP contribution in [-0.2, 0) is 13.1 Å². The maximum atomic E-state index is 12.0. The number of carbonyl (C=O) groups is 1. The van der Waals surface area contributed by atoms with Crippen molar-refractivity contribution in [3.8, 4) is 5.75 Å². The summed E-state index contributed by atoms with van der Waals surface area (Å²) < 4.78 is 10.5. The lowest BCUT2D eigenvalue weighted by Crippen LogP contribution is -2.38. The lowest BCUT2D eigenvalue weighted by molar-refractivity contribution is 0.0996. The van der Waals surface area contributed by atoms with Crippen LogP contribution in [-0.4, -0.2) is 38.0 Å². The molecule has 0 saturated carbocycles. The molecule has 0 bridgehead atoms. The summed E-state index contributed by atoms with van der Waals surface area (Å²) >= 11 is 0. The van der Waals surface area contributed by atoms with Crippen LogP contribution in [0, 0.1) is 0 Å². The summed E-state index contributed by atoms with van der Waals surface area (Å²) in [6.07, 6.45) is 1.47. The minimum atomic E-state index is -0.274. The number of nitrogens with zero attached hydrogens (tertiary/aromatic N) is 2. The lowest BCUT2D eigenvalue weighted by atomic mass is 10.2. The van der Waals surface area contributed by atoms with Crippen LogP contribution in [0.2, 0.25) is 0 Å². The van der Waals surface area contributed by atoms with Gasteiger partial charge in [0, 0.05) is 38.4 Å². The molecular weight excluding hydrogens is 380 g/mol. The van der Waals surface area contributed by atoms with Gasteiger partial charge in [0.05, 0.1) is 13.4 Å². The number of carbonyl (C=O) groups excluding carboxylic acids is 1. The van der Waals surface area contributed by atoms with Gasteiger partial charge < -0.3 is 24.7 Å². The highest BCUT2D eigenvalue weighted by molar-refractivity contribution is 6.02. The standard InChI is InChI=1S/C23H26N4O3/c1-24-23(27(2)16-18-7-4-5-8-20(18)29-3)25-15-17-10-12-19(13-11-17)26-22(28)21-9-6-14-30-21/h4-14H,15-16H2,1-3H3,(H,24,25)(H,26,28). The van der Waals surface area contributed by atoms with E-state index in [-0.39, 0.29) is 11.7 Å². The third-order valence-electron chi connectivity index (χ3n) is 4.58.